The first kappa shape index (κ1) is 8.76. The zero-order valence-electron chi connectivity index (χ0n) is 7.10. The number of nitrogens with zero attached hydrogens (tertiary/aromatic N) is 1. The smallest absolute Gasteiger partial charge is 0.146 e. The van der Waals surface area contributed by atoms with Gasteiger partial charge in [-0.15, -0.1) is 0 Å². The van der Waals surface area contributed by atoms with Gasteiger partial charge in [-0.3, -0.25) is 0 Å². The number of hydrogen-bond acceptors (Lipinski definition) is 1. The molecule has 0 aromatic rings. The number of hydrogen-bond donors (Lipinski definition) is 0. The molecule has 0 amide bonds. The summed E-state index contributed by atoms with van der Waals surface area (Å²) in [5.41, 5.74) is 0. The van der Waals surface area contributed by atoms with Crippen molar-refractivity contribution in [3.05, 3.63) is 12.3 Å². The fraction of sp³-hybridized carbons (Fsp3) is 0.714. The first-order chi connectivity index (χ1) is 3.98. The molecule has 0 aliphatic rings. The first-order valence-corrected chi connectivity index (χ1v) is 6.79. The van der Waals surface area contributed by atoms with E-state index in [2.05, 4.69) is 50.5 Å². The normalized spacial score (nSPS) is 12.6. The van der Waals surface area contributed by atoms with Crippen LogP contribution in [-0.2, 0) is 0 Å². The Morgan fingerprint density at radius 1 is 1.22 bits per heavy atom. The Kier molecular flexibility index (Phi) is 2.98. The molecule has 0 bridgehead atoms. The van der Waals surface area contributed by atoms with Crippen LogP contribution in [0.5, 0.6) is 0 Å². The molecule has 0 fully saturated rings. The van der Waals surface area contributed by atoms with E-state index in [1.54, 1.807) is 0 Å². The van der Waals surface area contributed by atoms with E-state index in [0.29, 0.717) is 0 Å². The molecule has 0 aliphatic carbocycles. The minimum absolute atomic E-state index is 1.04. The molecule has 9 heavy (non-hydrogen) atoms. The predicted molar refractivity (Wildman–Crippen MR) is 45.9 cm³/mol. The van der Waals surface area contributed by atoms with Gasteiger partial charge in [0.25, 0.3) is 0 Å². The van der Waals surface area contributed by atoms with E-state index < -0.39 is 8.24 Å². The average molecular weight is 143 g/mol. The van der Waals surface area contributed by atoms with Crippen molar-refractivity contribution >= 4 is 8.24 Å². The monoisotopic (exact) mass is 143 g/mol. The molecule has 54 valence electrons. The van der Waals surface area contributed by atoms with Crippen LogP contribution in [0.15, 0.2) is 12.3 Å². The standard InChI is InChI=1S/C7H17NSi/c1-6-7-8(2)9(3,4)5/h6-7H,1-5H3/b7-6+. The Morgan fingerprint density at radius 2 is 1.67 bits per heavy atom. The molecular formula is C7H17NSi. The van der Waals surface area contributed by atoms with Crippen molar-refractivity contribution in [2.45, 2.75) is 26.6 Å². The van der Waals surface area contributed by atoms with Gasteiger partial charge in [0.1, 0.15) is 8.24 Å². The largest absolute Gasteiger partial charge is 0.407 e. The fourth-order valence-corrected chi connectivity index (χ4v) is 1.04. The molecule has 0 saturated heterocycles. The van der Waals surface area contributed by atoms with Gasteiger partial charge < -0.3 is 4.57 Å². The highest BCUT2D eigenvalue weighted by atomic mass is 28.3. The molecule has 0 unspecified atom stereocenters. The fourth-order valence-electron chi connectivity index (χ4n) is 0.447. The van der Waals surface area contributed by atoms with Gasteiger partial charge in [0.15, 0.2) is 0 Å². The van der Waals surface area contributed by atoms with E-state index in [0.717, 1.165) is 0 Å². The van der Waals surface area contributed by atoms with Gasteiger partial charge in [0.05, 0.1) is 0 Å². The maximum Gasteiger partial charge on any atom is 0.146 e. The highest BCUT2D eigenvalue weighted by molar-refractivity contribution is 6.73. The van der Waals surface area contributed by atoms with Gasteiger partial charge >= 0.3 is 0 Å². The van der Waals surface area contributed by atoms with Crippen molar-refractivity contribution in [2.24, 2.45) is 0 Å². The lowest BCUT2D eigenvalue weighted by Crippen LogP contribution is -2.38. The number of rotatable bonds is 2. The van der Waals surface area contributed by atoms with Crippen molar-refractivity contribution in [1.29, 1.82) is 0 Å². The van der Waals surface area contributed by atoms with Crippen LogP contribution >= 0.6 is 0 Å². The molecule has 0 heterocycles. The first-order valence-electron chi connectivity index (χ1n) is 3.34. The summed E-state index contributed by atoms with van der Waals surface area (Å²) in [7, 11) is 1.11. The molecule has 0 atom stereocenters. The summed E-state index contributed by atoms with van der Waals surface area (Å²) in [6.07, 6.45) is 4.23. The zero-order chi connectivity index (χ0) is 7.49. The summed E-state index contributed by atoms with van der Waals surface area (Å²) in [6, 6.07) is 0. The van der Waals surface area contributed by atoms with E-state index in [4.69, 9.17) is 0 Å². The Morgan fingerprint density at radius 3 is 1.78 bits per heavy atom. The molecule has 0 aromatic carbocycles. The van der Waals surface area contributed by atoms with Crippen molar-refractivity contribution in [3.8, 4) is 0 Å². The predicted octanol–water partition coefficient (Wildman–Crippen LogP) is 2.29. The quantitative estimate of drug-likeness (QED) is 0.536. The van der Waals surface area contributed by atoms with Gasteiger partial charge in [-0.05, 0) is 20.2 Å². The van der Waals surface area contributed by atoms with Crippen LogP contribution in [-0.4, -0.2) is 19.8 Å². The summed E-state index contributed by atoms with van der Waals surface area (Å²) in [6.45, 7) is 9.03. The molecule has 0 saturated carbocycles. The summed E-state index contributed by atoms with van der Waals surface area (Å²) >= 11 is 0. The Balaban J connectivity index is 3.88. The highest BCUT2D eigenvalue weighted by Crippen LogP contribution is 2.05. The van der Waals surface area contributed by atoms with E-state index in [1.165, 1.54) is 0 Å². The van der Waals surface area contributed by atoms with Crippen LogP contribution in [0.2, 0.25) is 19.6 Å². The third kappa shape index (κ3) is 3.35. The lowest BCUT2D eigenvalue weighted by molar-refractivity contribution is 0.691. The van der Waals surface area contributed by atoms with Crippen molar-refractivity contribution in [2.75, 3.05) is 7.05 Å². The van der Waals surface area contributed by atoms with E-state index in [1.807, 2.05) is 0 Å². The van der Waals surface area contributed by atoms with Gasteiger partial charge in [-0.25, -0.2) is 0 Å². The SMILES string of the molecule is C/C=C/N(C)[Si](C)(C)C. The van der Waals surface area contributed by atoms with E-state index in [-0.39, 0.29) is 0 Å². The maximum atomic E-state index is 2.33. The van der Waals surface area contributed by atoms with Crippen LogP contribution in [0, 0.1) is 0 Å². The zero-order valence-corrected chi connectivity index (χ0v) is 8.10. The Labute approximate surface area is 59.5 Å². The van der Waals surface area contributed by atoms with Gasteiger partial charge in [-0.1, -0.05) is 25.7 Å². The van der Waals surface area contributed by atoms with Crippen LogP contribution in [0.4, 0.5) is 0 Å². The minimum Gasteiger partial charge on any atom is -0.407 e. The molecule has 1 nitrogen and oxygen atoms in total. The molecule has 0 spiro atoms. The molecule has 0 rings (SSSR count). The molecule has 0 aliphatic heterocycles. The van der Waals surface area contributed by atoms with Gasteiger partial charge in [0.2, 0.25) is 0 Å². The summed E-state index contributed by atoms with van der Waals surface area (Å²) in [4.78, 5) is 0. The highest BCUT2D eigenvalue weighted by Gasteiger charge is 2.15. The van der Waals surface area contributed by atoms with Crippen LogP contribution in [0.25, 0.3) is 0 Å². The van der Waals surface area contributed by atoms with Crippen LogP contribution in [0.3, 0.4) is 0 Å². The average Bonchev–Trinajstić information content (AvgIpc) is 1.64. The van der Waals surface area contributed by atoms with E-state index in [9.17, 15) is 0 Å². The van der Waals surface area contributed by atoms with Crippen molar-refractivity contribution < 1.29 is 0 Å². The summed E-state index contributed by atoms with van der Waals surface area (Å²) < 4.78 is 2.33. The summed E-state index contributed by atoms with van der Waals surface area (Å²) in [5.74, 6) is 0. The van der Waals surface area contributed by atoms with E-state index >= 15 is 0 Å². The van der Waals surface area contributed by atoms with Crippen molar-refractivity contribution in [1.82, 2.24) is 4.57 Å². The molecule has 0 radical (unpaired) electrons. The van der Waals surface area contributed by atoms with Crippen LogP contribution in [0.1, 0.15) is 6.92 Å². The minimum atomic E-state index is -1.04. The van der Waals surface area contributed by atoms with Crippen LogP contribution < -0.4 is 0 Å². The second-order valence-electron chi connectivity index (χ2n) is 3.26. The Hall–Kier alpha value is -0.243. The maximum absolute atomic E-state index is 2.33. The Bertz CT molecular complexity index is 102. The van der Waals surface area contributed by atoms with Crippen molar-refractivity contribution in [3.63, 3.8) is 0 Å². The second kappa shape index (κ2) is 3.06. The third-order valence-electron chi connectivity index (χ3n) is 1.43. The summed E-state index contributed by atoms with van der Waals surface area (Å²) in [5, 5.41) is 0. The third-order valence-corrected chi connectivity index (χ3v) is 3.70. The molecule has 0 aromatic heterocycles. The second-order valence-corrected chi connectivity index (χ2v) is 8.31. The number of allylic oxidation sites excluding steroid dienone is 1. The molecular weight excluding hydrogens is 126 g/mol. The van der Waals surface area contributed by atoms with Gasteiger partial charge in [-0.2, -0.15) is 0 Å². The molecule has 2 heteroatoms. The lowest BCUT2D eigenvalue weighted by Gasteiger charge is -2.28. The lowest BCUT2D eigenvalue weighted by atomic mass is 10.7. The molecule has 0 N–H and O–H groups in total. The van der Waals surface area contributed by atoms with Gasteiger partial charge in [0, 0.05) is 0 Å². The topological polar surface area (TPSA) is 3.24 Å².